The molecular weight excluding hydrogens is 260 g/mol. The maximum Gasteiger partial charge on any atom is 0.146 e. The SMILES string of the molecule is CCc1ccccc1Cn1c(C)c(C)c2c(N)ncnc21. The zero-order valence-corrected chi connectivity index (χ0v) is 12.7. The summed E-state index contributed by atoms with van der Waals surface area (Å²) in [5, 5.41) is 0.976. The van der Waals surface area contributed by atoms with Gasteiger partial charge in [0, 0.05) is 12.2 Å². The fraction of sp³-hybridized carbons (Fsp3) is 0.294. The lowest BCUT2D eigenvalue weighted by Crippen LogP contribution is -2.05. The molecule has 0 bridgehead atoms. The first-order chi connectivity index (χ1) is 10.1. The van der Waals surface area contributed by atoms with E-state index in [1.165, 1.54) is 16.8 Å². The van der Waals surface area contributed by atoms with Crippen LogP contribution < -0.4 is 5.73 Å². The van der Waals surface area contributed by atoms with Gasteiger partial charge in [-0.05, 0) is 37.0 Å². The lowest BCUT2D eigenvalue weighted by atomic mass is 10.1. The molecule has 0 fully saturated rings. The van der Waals surface area contributed by atoms with Gasteiger partial charge in [0.2, 0.25) is 0 Å². The summed E-state index contributed by atoms with van der Waals surface area (Å²) in [6, 6.07) is 8.55. The molecule has 3 rings (SSSR count). The van der Waals surface area contributed by atoms with E-state index in [0.29, 0.717) is 5.82 Å². The smallest absolute Gasteiger partial charge is 0.146 e. The van der Waals surface area contributed by atoms with E-state index in [2.05, 4.69) is 59.6 Å². The Morgan fingerprint density at radius 2 is 1.81 bits per heavy atom. The Balaban J connectivity index is 2.17. The molecule has 0 atom stereocenters. The standard InChI is InChI=1S/C17H20N4/c1-4-13-7-5-6-8-14(13)9-21-12(3)11(2)15-16(18)19-10-20-17(15)21/h5-8,10H,4,9H2,1-3H3,(H2,18,19,20). The minimum atomic E-state index is 0.558. The third-order valence-corrected chi connectivity index (χ3v) is 4.26. The Morgan fingerprint density at radius 1 is 1.10 bits per heavy atom. The Kier molecular flexibility index (Phi) is 3.37. The molecule has 108 valence electrons. The van der Waals surface area contributed by atoms with Gasteiger partial charge >= 0.3 is 0 Å². The largest absolute Gasteiger partial charge is 0.383 e. The van der Waals surface area contributed by atoms with Crippen LogP contribution in [0, 0.1) is 13.8 Å². The first kappa shape index (κ1) is 13.6. The second-order valence-corrected chi connectivity index (χ2v) is 5.38. The van der Waals surface area contributed by atoms with E-state index in [4.69, 9.17) is 5.73 Å². The molecule has 2 N–H and O–H groups in total. The maximum absolute atomic E-state index is 6.02. The molecule has 1 aromatic carbocycles. The molecule has 21 heavy (non-hydrogen) atoms. The first-order valence-electron chi connectivity index (χ1n) is 7.26. The molecule has 2 aromatic heterocycles. The Morgan fingerprint density at radius 3 is 2.52 bits per heavy atom. The van der Waals surface area contributed by atoms with Crippen LogP contribution >= 0.6 is 0 Å². The predicted molar refractivity (Wildman–Crippen MR) is 86.3 cm³/mol. The number of benzene rings is 1. The van der Waals surface area contributed by atoms with Crippen molar-refractivity contribution in [3.8, 4) is 0 Å². The first-order valence-corrected chi connectivity index (χ1v) is 7.26. The average molecular weight is 280 g/mol. The van der Waals surface area contributed by atoms with Crippen LogP contribution in [0.1, 0.15) is 29.3 Å². The summed E-state index contributed by atoms with van der Waals surface area (Å²) in [4.78, 5) is 8.56. The predicted octanol–water partition coefficient (Wildman–Crippen LogP) is 3.24. The average Bonchev–Trinajstić information content (AvgIpc) is 2.74. The van der Waals surface area contributed by atoms with Crippen LogP contribution in [0.25, 0.3) is 11.0 Å². The summed E-state index contributed by atoms with van der Waals surface area (Å²) in [7, 11) is 0. The third-order valence-electron chi connectivity index (χ3n) is 4.26. The van der Waals surface area contributed by atoms with Gasteiger partial charge in [-0.3, -0.25) is 0 Å². The zero-order chi connectivity index (χ0) is 15.0. The van der Waals surface area contributed by atoms with Gasteiger partial charge in [0.25, 0.3) is 0 Å². The summed E-state index contributed by atoms with van der Waals surface area (Å²) >= 11 is 0. The molecular formula is C17H20N4. The number of nitrogen functional groups attached to an aromatic ring is 1. The highest BCUT2D eigenvalue weighted by atomic mass is 15.1. The number of rotatable bonds is 3. The number of anilines is 1. The van der Waals surface area contributed by atoms with Crippen molar-refractivity contribution >= 4 is 16.9 Å². The van der Waals surface area contributed by atoms with E-state index in [-0.39, 0.29) is 0 Å². The third kappa shape index (κ3) is 2.17. The van der Waals surface area contributed by atoms with Gasteiger partial charge in [-0.2, -0.15) is 0 Å². The Hall–Kier alpha value is -2.36. The van der Waals surface area contributed by atoms with Crippen LogP contribution in [0.5, 0.6) is 0 Å². The number of hydrogen-bond donors (Lipinski definition) is 1. The summed E-state index contributed by atoms with van der Waals surface area (Å²) < 4.78 is 2.23. The number of hydrogen-bond acceptors (Lipinski definition) is 3. The molecule has 0 spiro atoms. The van der Waals surface area contributed by atoms with Gasteiger partial charge in [0.15, 0.2) is 0 Å². The summed E-state index contributed by atoms with van der Waals surface area (Å²) in [5.41, 5.74) is 12.0. The highest BCUT2D eigenvalue weighted by Gasteiger charge is 2.15. The summed E-state index contributed by atoms with van der Waals surface area (Å²) in [6.07, 6.45) is 2.57. The van der Waals surface area contributed by atoms with Crippen LogP contribution in [-0.4, -0.2) is 14.5 Å². The van der Waals surface area contributed by atoms with E-state index >= 15 is 0 Å². The van der Waals surface area contributed by atoms with Crippen molar-refractivity contribution in [3.63, 3.8) is 0 Å². The van der Waals surface area contributed by atoms with Crippen molar-refractivity contribution in [1.29, 1.82) is 0 Å². The zero-order valence-electron chi connectivity index (χ0n) is 12.7. The van der Waals surface area contributed by atoms with Crippen molar-refractivity contribution in [2.75, 3.05) is 5.73 Å². The second-order valence-electron chi connectivity index (χ2n) is 5.38. The monoisotopic (exact) mass is 280 g/mol. The van der Waals surface area contributed by atoms with Crippen LogP contribution in [-0.2, 0) is 13.0 Å². The van der Waals surface area contributed by atoms with Crippen molar-refractivity contribution in [1.82, 2.24) is 14.5 Å². The maximum atomic E-state index is 6.02. The van der Waals surface area contributed by atoms with Gasteiger partial charge in [0.05, 0.1) is 5.39 Å². The van der Waals surface area contributed by atoms with Crippen LogP contribution in [0.2, 0.25) is 0 Å². The molecule has 2 heterocycles. The molecule has 0 amide bonds. The molecule has 0 saturated heterocycles. The number of aryl methyl sites for hydroxylation is 2. The van der Waals surface area contributed by atoms with E-state index in [0.717, 1.165) is 29.6 Å². The van der Waals surface area contributed by atoms with E-state index in [1.807, 2.05) is 0 Å². The van der Waals surface area contributed by atoms with Crippen LogP contribution in [0.4, 0.5) is 5.82 Å². The molecule has 0 aliphatic carbocycles. The Bertz CT molecular complexity index is 802. The minimum Gasteiger partial charge on any atom is -0.383 e. The lowest BCUT2D eigenvalue weighted by molar-refractivity contribution is 0.780. The van der Waals surface area contributed by atoms with E-state index in [9.17, 15) is 0 Å². The van der Waals surface area contributed by atoms with Crippen molar-refractivity contribution in [2.45, 2.75) is 33.7 Å². The number of nitrogens with two attached hydrogens (primary N) is 1. The van der Waals surface area contributed by atoms with Crippen molar-refractivity contribution in [3.05, 3.63) is 53.0 Å². The van der Waals surface area contributed by atoms with E-state index < -0.39 is 0 Å². The minimum absolute atomic E-state index is 0.558. The summed E-state index contributed by atoms with van der Waals surface area (Å²) in [5.74, 6) is 0.558. The fourth-order valence-electron chi connectivity index (χ4n) is 2.92. The molecule has 4 heteroatoms. The second kappa shape index (κ2) is 5.20. The highest BCUT2D eigenvalue weighted by Crippen LogP contribution is 2.28. The number of aromatic nitrogens is 3. The van der Waals surface area contributed by atoms with Gasteiger partial charge in [0.1, 0.15) is 17.8 Å². The van der Waals surface area contributed by atoms with Gasteiger partial charge < -0.3 is 10.3 Å². The molecule has 0 unspecified atom stereocenters. The van der Waals surface area contributed by atoms with Crippen molar-refractivity contribution < 1.29 is 0 Å². The fourth-order valence-corrected chi connectivity index (χ4v) is 2.92. The molecule has 0 saturated carbocycles. The van der Waals surface area contributed by atoms with Crippen LogP contribution in [0.15, 0.2) is 30.6 Å². The van der Waals surface area contributed by atoms with E-state index in [1.54, 1.807) is 6.33 Å². The van der Waals surface area contributed by atoms with Gasteiger partial charge in [-0.25, -0.2) is 9.97 Å². The molecule has 0 aliphatic rings. The Labute approximate surface area is 124 Å². The number of nitrogens with zero attached hydrogens (tertiary/aromatic N) is 3. The van der Waals surface area contributed by atoms with Crippen molar-refractivity contribution in [2.24, 2.45) is 0 Å². The molecule has 3 aromatic rings. The van der Waals surface area contributed by atoms with Crippen LogP contribution in [0.3, 0.4) is 0 Å². The van der Waals surface area contributed by atoms with Gasteiger partial charge in [-0.1, -0.05) is 31.2 Å². The highest BCUT2D eigenvalue weighted by molar-refractivity contribution is 5.90. The lowest BCUT2D eigenvalue weighted by Gasteiger charge is -2.11. The normalized spacial score (nSPS) is 11.2. The molecule has 0 radical (unpaired) electrons. The number of fused-ring (bicyclic) bond motifs is 1. The quantitative estimate of drug-likeness (QED) is 0.801. The van der Waals surface area contributed by atoms with Gasteiger partial charge in [-0.15, -0.1) is 0 Å². The molecule has 4 nitrogen and oxygen atoms in total. The molecule has 0 aliphatic heterocycles. The topological polar surface area (TPSA) is 56.7 Å². The summed E-state index contributed by atoms with van der Waals surface area (Å²) in [6.45, 7) is 7.20.